The molecule has 0 saturated carbocycles. The van der Waals surface area contributed by atoms with Gasteiger partial charge in [0.2, 0.25) is 5.43 Å². The molecule has 1 aliphatic heterocycles. The molecule has 2 aliphatic rings. The van der Waals surface area contributed by atoms with Gasteiger partial charge in [-0.1, -0.05) is 66.7 Å². The summed E-state index contributed by atoms with van der Waals surface area (Å²) in [6.07, 6.45) is 3.11. The molecule has 0 spiro atoms. The topological polar surface area (TPSA) is 127 Å². The number of rotatable bonds is 10. The Labute approximate surface area is 244 Å². The summed E-state index contributed by atoms with van der Waals surface area (Å²) in [5.41, 5.74) is 10.0. The Hall–Kier alpha value is -4.98. The molecule has 0 aromatic heterocycles. The number of nitrogens with one attached hydrogen (secondary N) is 2. The third-order valence-corrected chi connectivity index (χ3v) is 7.42. The number of benzene rings is 4. The Balaban J connectivity index is 1.43. The highest BCUT2D eigenvalue weighted by Gasteiger charge is 2.28. The summed E-state index contributed by atoms with van der Waals surface area (Å²) in [6, 6.07) is 23.5. The summed E-state index contributed by atoms with van der Waals surface area (Å²) in [5.74, 6) is -0.629. The van der Waals surface area contributed by atoms with Gasteiger partial charge in [0.15, 0.2) is 11.3 Å². The van der Waals surface area contributed by atoms with Crippen molar-refractivity contribution in [1.29, 1.82) is 0 Å². The third-order valence-electron chi connectivity index (χ3n) is 7.42. The van der Waals surface area contributed by atoms with Crippen LogP contribution in [-0.2, 0) is 12.8 Å². The van der Waals surface area contributed by atoms with E-state index in [9.17, 15) is 14.4 Å². The highest BCUT2D eigenvalue weighted by Crippen LogP contribution is 2.34. The highest BCUT2D eigenvalue weighted by molar-refractivity contribution is 6.08. The Morgan fingerprint density at radius 2 is 1.38 bits per heavy atom. The van der Waals surface area contributed by atoms with Crippen molar-refractivity contribution in [3.05, 3.63) is 116 Å². The molecule has 1 aliphatic carbocycles. The molecule has 8 nitrogen and oxygen atoms in total. The van der Waals surface area contributed by atoms with Crippen LogP contribution in [0.3, 0.4) is 0 Å². The zero-order chi connectivity index (χ0) is 29.6. The van der Waals surface area contributed by atoms with E-state index in [0.717, 1.165) is 24.8 Å². The lowest BCUT2D eigenvalue weighted by Gasteiger charge is -2.17. The van der Waals surface area contributed by atoms with Crippen LogP contribution in [0.1, 0.15) is 55.8 Å². The minimum atomic E-state index is -0.510. The maximum absolute atomic E-state index is 13.4. The van der Waals surface area contributed by atoms with Crippen molar-refractivity contribution in [1.82, 2.24) is 15.6 Å². The van der Waals surface area contributed by atoms with E-state index in [4.69, 9.17) is 15.1 Å². The molecule has 0 atom stereocenters. The first-order valence-electron chi connectivity index (χ1n) is 14.2. The summed E-state index contributed by atoms with van der Waals surface area (Å²) in [4.78, 5) is 44.4. The highest BCUT2D eigenvalue weighted by atomic mass is 16.3. The van der Waals surface area contributed by atoms with Crippen LogP contribution in [0.15, 0.2) is 82.0 Å². The summed E-state index contributed by atoms with van der Waals surface area (Å²) in [5, 5.41) is 5.85. The van der Waals surface area contributed by atoms with Crippen LogP contribution in [0, 0.1) is 13.8 Å². The number of amides is 2. The largest absolute Gasteiger partial charge is 0.452 e. The van der Waals surface area contributed by atoms with Crippen LogP contribution in [0.5, 0.6) is 0 Å². The van der Waals surface area contributed by atoms with Gasteiger partial charge in [0.05, 0.1) is 16.8 Å². The van der Waals surface area contributed by atoms with E-state index in [2.05, 4.69) is 22.8 Å². The number of hydrogen-bond donors (Lipinski definition) is 3. The van der Waals surface area contributed by atoms with E-state index < -0.39 is 11.3 Å². The van der Waals surface area contributed by atoms with Crippen molar-refractivity contribution in [2.45, 2.75) is 39.5 Å². The van der Waals surface area contributed by atoms with Gasteiger partial charge in [0.25, 0.3) is 11.8 Å². The number of nitrogen functional groups attached to an aromatic ring is 1. The van der Waals surface area contributed by atoms with Crippen LogP contribution in [0.2, 0.25) is 0 Å². The van der Waals surface area contributed by atoms with Crippen LogP contribution in [0.25, 0.3) is 22.6 Å². The van der Waals surface area contributed by atoms with Crippen molar-refractivity contribution in [3.63, 3.8) is 0 Å². The Bertz CT molecular complexity index is 1760. The van der Waals surface area contributed by atoms with Crippen molar-refractivity contribution < 1.29 is 14.0 Å². The maximum atomic E-state index is 13.4. The number of carbonyl (C=O) groups excluding carboxylic acids is 2. The zero-order valence-corrected chi connectivity index (χ0v) is 23.8. The number of aryl methyl sites for hydroxylation is 3. The van der Waals surface area contributed by atoms with Gasteiger partial charge in [-0.15, -0.1) is 0 Å². The molecular weight excluding hydrogens is 528 g/mol. The molecule has 2 amide bonds. The van der Waals surface area contributed by atoms with Crippen molar-refractivity contribution in [2.24, 2.45) is 0 Å². The minimum Gasteiger partial charge on any atom is -0.452 e. The third kappa shape index (κ3) is 6.02. The molecule has 42 heavy (non-hydrogen) atoms. The number of carbonyl (C=O) groups is 2. The van der Waals surface area contributed by atoms with E-state index in [1.807, 2.05) is 55.5 Å². The average Bonchev–Trinajstić information content (AvgIpc) is 3.01. The van der Waals surface area contributed by atoms with E-state index in [1.54, 1.807) is 19.1 Å². The molecule has 0 radical (unpaired) electrons. The lowest BCUT2D eigenvalue weighted by atomic mass is 9.99. The lowest BCUT2D eigenvalue weighted by Crippen LogP contribution is -2.30. The van der Waals surface area contributed by atoms with E-state index in [1.165, 1.54) is 11.1 Å². The van der Waals surface area contributed by atoms with E-state index in [0.29, 0.717) is 36.2 Å². The van der Waals surface area contributed by atoms with Gasteiger partial charge in [-0.05, 0) is 62.3 Å². The normalized spacial score (nSPS) is 11.1. The number of nitrogens with zero attached hydrogens (tertiary/aromatic N) is 1. The fourth-order valence-electron chi connectivity index (χ4n) is 5.07. The minimum absolute atomic E-state index is 0.0401. The van der Waals surface area contributed by atoms with Crippen LogP contribution >= 0.6 is 0 Å². The molecule has 0 saturated heterocycles. The van der Waals surface area contributed by atoms with Gasteiger partial charge in [0, 0.05) is 18.7 Å². The van der Waals surface area contributed by atoms with Crippen molar-refractivity contribution >= 4 is 28.6 Å². The van der Waals surface area contributed by atoms with Gasteiger partial charge < -0.3 is 20.8 Å². The second kappa shape index (κ2) is 12.7. The van der Waals surface area contributed by atoms with Gasteiger partial charge in [0.1, 0.15) is 11.2 Å². The molecular formula is C34H34N4O4. The second-order valence-corrected chi connectivity index (χ2v) is 10.4. The van der Waals surface area contributed by atoms with Crippen molar-refractivity contribution in [2.75, 3.05) is 18.8 Å². The van der Waals surface area contributed by atoms with E-state index >= 15 is 0 Å². The van der Waals surface area contributed by atoms with Gasteiger partial charge >= 0.3 is 0 Å². The number of fused-ring (bicyclic) bond motifs is 2. The van der Waals surface area contributed by atoms with E-state index in [-0.39, 0.29) is 34.2 Å². The molecule has 4 N–H and O–H groups in total. The molecule has 1 heterocycles. The number of nitrogens with two attached hydrogens (primary N) is 1. The fraction of sp³-hybridized carbons (Fsp3) is 0.235. The van der Waals surface area contributed by atoms with Crippen LogP contribution in [-0.4, -0.2) is 29.9 Å². The lowest BCUT2D eigenvalue weighted by molar-refractivity contribution is 0.0947. The first-order chi connectivity index (χ1) is 20.3. The SMILES string of the molecule is Cc1c2oc3c(C)ccc(C(=O)NCCCc4ccccc4)c3nc-2c(C(=O)NCCCc2ccccc2)c(N)c1=O. The van der Waals surface area contributed by atoms with Crippen LogP contribution < -0.4 is 21.8 Å². The Morgan fingerprint density at radius 3 is 1.98 bits per heavy atom. The predicted molar refractivity (Wildman–Crippen MR) is 165 cm³/mol. The Morgan fingerprint density at radius 1 is 0.810 bits per heavy atom. The maximum Gasteiger partial charge on any atom is 0.255 e. The number of aromatic nitrogens is 1. The molecule has 5 rings (SSSR count). The predicted octanol–water partition coefficient (Wildman–Crippen LogP) is 5.22. The number of anilines is 1. The standard InChI is InChI=1S/C34H34N4O4/c1-21-17-18-25(33(40)36-19-9-15-23-11-5-3-6-12-23)28-31(21)42-32-22(2)30(39)27(35)26(29(32)38-28)34(41)37-20-10-16-24-13-7-4-8-14-24/h3-8,11-14,17-18H,9-10,15-16,19-20,35H2,1-2H3,(H,36,40)(H,37,41). The molecule has 0 fully saturated rings. The van der Waals surface area contributed by atoms with Gasteiger partial charge in [-0.25, -0.2) is 4.98 Å². The molecule has 214 valence electrons. The first-order valence-corrected chi connectivity index (χ1v) is 14.2. The monoisotopic (exact) mass is 562 g/mol. The van der Waals surface area contributed by atoms with Crippen molar-refractivity contribution in [3.8, 4) is 11.5 Å². The first kappa shape index (κ1) is 28.5. The summed E-state index contributed by atoms with van der Waals surface area (Å²) >= 11 is 0. The summed E-state index contributed by atoms with van der Waals surface area (Å²) < 4.78 is 6.21. The molecule has 0 bridgehead atoms. The smallest absolute Gasteiger partial charge is 0.255 e. The fourth-order valence-corrected chi connectivity index (χ4v) is 5.07. The number of hydrogen-bond acceptors (Lipinski definition) is 6. The molecule has 8 heteroatoms. The summed E-state index contributed by atoms with van der Waals surface area (Å²) in [6.45, 7) is 4.30. The molecule has 0 unspecified atom stereocenters. The van der Waals surface area contributed by atoms with Crippen LogP contribution in [0.4, 0.5) is 5.69 Å². The zero-order valence-electron chi connectivity index (χ0n) is 23.8. The molecule has 3 aromatic rings. The average molecular weight is 563 g/mol. The Kier molecular flexibility index (Phi) is 8.62. The molecule has 3 aromatic carbocycles. The van der Waals surface area contributed by atoms with Gasteiger partial charge in [-0.2, -0.15) is 0 Å². The summed E-state index contributed by atoms with van der Waals surface area (Å²) in [7, 11) is 0. The second-order valence-electron chi connectivity index (χ2n) is 10.4. The quantitative estimate of drug-likeness (QED) is 0.122. The van der Waals surface area contributed by atoms with Gasteiger partial charge in [-0.3, -0.25) is 14.4 Å².